The highest BCUT2D eigenvalue weighted by Crippen LogP contribution is 1.98. The molecule has 1 unspecified atom stereocenters. The Balaban J connectivity index is 3.53. The minimum absolute atomic E-state index is 0.199. The molecule has 0 aromatic carbocycles. The minimum Gasteiger partial charge on any atom is -0.444 e. The van der Waals surface area contributed by atoms with E-state index in [0.29, 0.717) is 6.29 Å². The molecule has 0 aliphatic rings. The summed E-state index contributed by atoms with van der Waals surface area (Å²) in [6, 6.07) is 0. The summed E-state index contributed by atoms with van der Waals surface area (Å²) in [4.78, 5) is 10.8. The predicted molar refractivity (Wildman–Crippen MR) is 46.9 cm³/mol. The van der Waals surface area contributed by atoms with Crippen LogP contribution in [0.25, 0.3) is 0 Å². The SMILES string of the molecule is CC(C)(N)OC(=O)CNCP. The quantitative estimate of drug-likeness (QED) is 0.351. The summed E-state index contributed by atoms with van der Waals surface area (Å²) < 4.78 is 4.81. The van der Waals surface area contributed by atoms with Crippen LogP contribution in [-0.4, -0.2) is 24.5 Å². The Morgan fingerprint density at radius 1 is 1.73 bits per heavy atom. The Morgan fingerprint density at radius 2 is 2.27 bits per heavy atom. The summed E-state index contributed by atoms with van der Waals surface area (Å²) in [5.74, 6) is -0.333. The molecule has 0 saturated heterocycles. The van der Waals surface area contributed by atoms with Crippen molar-refractivity contribution in [2.75, 3.05) is 12.8 Å². The maximum atomic E-state index is 10.8. The lowest BCUT2D eigenvalue weighted by molar-refractivity contribution is -0.154. The first-order valence-electron chi connectivity index (χ1n) is 3.37. The van der Waals surface area contributed by atoms with E-state index < -0.39 is 5.72 Å². The lowest BCUT2D eigenvalue weighted by Gasteiger charge is -2.19. The van der Waals surface area contributed by atoms with E-state index in [1.165, 1.54) is 0 Å². The molecule has 66 valence electrons. The topological polar surface area (TPSA) is 64.3 Å². The lowest BCUT2D eigenvalue weighted by atomic mass is 10.3. The second-order valence-electron chi connectivity index (χ2n) is 2.71. The summed E-state index contributed by atoms with van der Waals surface area (Å²) in [6.45, 7) is 3.46. The number of ether oxygens (including phenoxy) is 1. The molecule has 0 spiro atoms. The van der Waals surface area contributed by atoms with Crippen molar-refractivity contribution in [2.45, 2.75) is 19.6 Å². The van der Waals surface area contributed by atoms with E-state index in [2.05, 4.69) is 14.6 Å². The number of hydrogen-bond acceptors (Lipinski definition) is 4. The van der Waals surface area contributed by atoms with Crippen LogP contribution < -0.4 is 11.1 Å². The van der Waals surface area contributed by atoms with Crippen LogP contribution in [-0.2, 0) is 9.53 Å². The van der Waals surface area contributed by atoms with E-state index in [1.807, 2.05) is 0 Å². The average Bonchev–Trinajstić information content (AvgIpc) is 1.79. The molecule has 5 heteroatoms. The normalized spacial score (nSPS) is 11.3. The van der Waals surface area contributed by atoms with Crippen molar-refractivity contribution in [1.82, 2.24) is 5.32 Å². The summed E-state index contributed by atoms with van der Waals surface area (Å²) in [5, 5.41) is 2.80. The van der Waals surface area contributed by atoms with Crippen molar-refractivity contribution in [3.05, 3.63) is 0 Å². The fraction of sp³-hybridized carbons (Fsp3) is 0.833. The molecule has 0 amide bonds. The highest BCUT2D eigenvalue weighted by Gasteiger charge is 2.15. The van der Waals surface area contributed by atoms with Crippen molar-refractivity contribution in [3.63, 3.8) is 0 Å². The number of esters is 1. The van der Waals surface area contributed by atoms with E-state index in [1.54, 1.807) is 13.8 Å². The second kappa shape index (κ2) is 4.65. The zero-order valence-electron chi connectivity index (χ0n) is 6.89. The Hall–Kier alpha value is -0.180. The van der Waals surface area contributed by atoms with E-state index in [4.69, 9.17) is 10.5 Å². The molecule has 0 aromatic heterocycles. The predicted octanol–water partition coefficient (Wildman–Crippen LogP) is -0.353. The van der Waals surface area contributed by atoms with Gasteiger partial charge in [-0.25, -0.2) is 0 Å². The second-order valence-corrected chi connectivity index (χ2v) is 3.12. The number of nitrogens with two attached hydrogens (primary N) is 1. The molecule has 4 nitrogen and oxygen atoms in total. The molecule has 0 radical (unpaired) electrons. The number of hydrogen-bond donors (Lipinski definition) is 2. The maximum Gasteiger partial charge on any atom is 0.321 e. The minimum atomic E-state index is -0.875. The fourth-order valence-corrected chi connectivity index (χ4v) is 0.648. The molecule has 1 atom stereocenters. The highest BCUT2D eigenvalue weighted by molar-refractivity contribution is 7.16. The van der Waals surface area contributed by atoms with Gasteiger partial charge in [-0.2, -0.15) is 0 Å². The Bertz CT molecular complexity index is 133. The summed E-state index contributed by atoms with van der Waals surface area (Å²) in [5.41, 5.74) is 4.56. The third kappa shape index (κ3) is 7.72. The number of carbonyl (C=O) groups excluding carboxylic acids is 1. The van der Waals surface area contributed by atoms with Gasteiger partial charge in [0, 0.05) is 6.29 Å². The Morgan fingerprint density at radius 3 is 2.64 bits per heavy atom. The number of carbonyl (C=O) groups is 1. The Kier molecular flexibility index (Phi) is 4.57. The van der Waals surface area contributed by atoms with Crippen LogP contribution in [0, 0.1) is 0 Å². The van der Waals surface area contributed by atoms with Gasteiger partial charge in [-0.3, -0.25) is 10.5 Å². The van der Waals surface area contributed by atoms with E-state index in [0.717, 1.165) is 0 Å². The lowest BCUT2D eigenvalue weighted by Crippen LogP contribution is -2.40. The zero-order chi connectivity index (χ0) is 8.91. The number of rotatable bonds is 4. The zero-order valence-corrected chi connectivity index (χ0v) is 8.04. The highest BCUT2D eigenvalue weighted by atomic mass is 31.0. The monoisotopic (exact) mass is 178 g/mol. The number of nitrogens with one attached hydrogen (secondary N) is 1. The van der Waals surface area contributed by atoms with Gasteiger partial charge in [-0.15, -0.1) is 9.24 Å². The molecule has 0 aliphatic carbocycles. The van der Waals surface area contributed by atoms with Gasteiger partial charge in [0.1, 0.15) is 0 Å². The van der Waals surface area contributed by atoms with Crippen LogP contribution in [0.5, 0.6) is 0 Å². The average molecular weight is 178 g/mol. The molecular weight excluding hydrogens is 163 g/mol. The van der Waals surface area contributed by atoms with Crippen LogP contribution in [0.15, 0.2) is 0 Å². The molecule has 0 aliphatic heterocycles. The van der Waals surface area contributed by atoms with Crippen LogP contribution >= 0.6 is 9.24 Å². The van der Waals surface area contributed by atoms with Crippen molar-refractivity contribution in [3.8, 4) is 0 Å². The molecule has 3 N–H and O–H groups in total. The first kappa shape index (κ1) is 10.8. The van der Waals surface area contributed by atoms with E-state index in [9.17, 15) is 4.79 Å². The standard InChI is InChI=1S/C6H15N2O2P/c1-6(2,7)10-5(9)3-8-4-11/h8H,3-4,7,11H2,1-2H3. The first-order chi connectivity index (χ1) is 4.95. The molecule has 0 rings (SSSR count). The third-order valence-corrected chi connectivity index (χ3v) is 1.08. The smallest absolute Gasteiger partial charge is 0.321 e. The van der Waals surface area contributed by atoms with Crippen LogP contribution in [0.4, 0.5) is 0 Å². The maximum absolute atomic E-state index is 10.8. The molecule has 0 fully saturated rings. The van der Waals surface area contributed by atoms with Gasteiger partial charge >= 0.3 is 5.97 Å². The van der Waals surface area contributed by atoms with E-state index >= 15 is 0 Å². The molecule has 0 aromatic rings. The van der Waals surface area contributed by atoms with Crippen LogP contribution in [0.1, 0.15) is 13.8 Å². The van der Waals surface area contributed by atoms with Gasteiger partial charge in [-0.1, -0.05) is 0 Å². The molecule has 0 bridgehead atoms. The van der Waals surface area contributed by atoms with Gasteiger partial charge in [0.05, 0.1) is 6.54 Å². The van der Waals surface area contributed by atoms with E-state index in [-0.39, 0.29) is 12.5 Å². The summed E-state index contributed by atoms with van der Waals surface area (Å²) in [7, 11) is 2.45. The summed E-state index contributed by atoms with van der Waals surface area (Å²) in [6.07, 6.45) is 0.667. The van der Waals surface area contributed by atoms with Crippen LogP contribution in [0.2, 0.25) is 0 Å². The van der Waals surface area contributed by atoms with Gasteiger partial charge in [-0.05, 0) is 13.8 Å². The first-order valence-corrected chi connectivity index (χ1v) is 4.19. The van der Waals surface area contributed by atoms with Crippen molar-refractivity contribution >= 4 is 15.2 Å². The fourth-order valence-electron chi connectivity index (χ4n) is 0.504. The molecular formula is C6H15N2O2P. The van der Waals surface area contributed by atoms with Gasteiger partial charge in [0.2, 0.25) is 0 Å². The molecule has 11 heavy (non-hydrogen) atoms. The Labute approximate surface area is 69.1 Å². The van der Waals surface area contributed by atoms with Gasteiger partial charge < -0.3 is 10.1 Å². The van der Waals surface area contributed by atoms with Crippen molar-refractivity contribution in [1.29, 1.82) is 0 Å². The third-order valence-electron chi connectivity index (χ3n) is 0.791. The van der Waals surface area contributed by atoms with Gasteiger partial charge in [0.15, 0.2) is 5.72 Å². The molecule has 0 heterocycles. The van der Waals surface area contributed by atoms with Gasteiger partial charge in [0.25, 0.3) is 0 Å². The molecule has 0 saturated carbocycles. The largest absolute Gasteiger partial charge is 0.444 e. The van der Waals surface area contributed by atoms with Crippen molar-refractivity contribution < 1.29 is 9.53 Å². The van der Waals surface area contributed by atoms with Crippen molar-refractivity contribution in [2.24, 2.45) is 5.73 Å². The summed E-state index contributed by atoms with van der Waals surface area (Å²) >= 11 is 0. The van der Waals surface area contributed by atoms with Crippen LogP contribution in [0.3, 0.4) is 0 Å².